The van der Waals surface area contributed by atoms with E-state index in [1.54, 1.807) is 48.5 Å². The minimum absolute atomic E-state index is 0.0694. The quantitative estimate of drug-likeness (QED) is 0.298. The maximum atomic E-state index is 13.1. The standard InChI is InChI=1S/C28H22ClN5O3/c1-16-23(17(2)34(32-16)20-11-4-3-5-12-20)25-24(21-13-6-7-14-22(21)26(30)35)28(37-33-25)31-27(36)18-9-8-10-19(29)15-18/h3-15H,1-2H3,(H2,30,35)(H,31,36). The molecule has 0 radical (unpaired) electrons. The second-order valence-corrected chi connectivity index (χ2v) is 8.84. The third kappa shape index (κ3) is 4.50. The largest absolute Gasteiger partial charge is 0.366 e. The van der Waals surface area contributed by atoms with E-state index >= 15 is 0 Å². The highest BCUT2D eigenvalue weighted by Crippen LogP contribution is 2.42. The van der Waals surface area contributed by atoms with Crippen molar-refractivity contribution in [1.82, 2.24) is 14.9 Å². The number of carbonyl (C=O) groups excluding carboxylic acids is 2. The number of carbonyl (C=O) groups is 2. The molecular weight excluding hydrogens is 490 g/mol. The molecule has 5 rings (SSSR count). The van der Waals surface area contributed by atoms with Gasteiger partial charge in [-0.05, 0) is 50.2 Å². The Morgan fingerprint density at radius 1 is 0.946 bits per heavy atom. The normalized spacial score (nSPS) is 10.9. The molecule has 0 bridgehead atoms. The predicted molar refractivity (Wildman–Crippen MR) is 142 cm³/mol. The van der Waals surface area contributed by atoms with E-state index in [1.807, 2.05) is 48.9 Å². The molecule has 9 heteroatoms. The van der Waals surface area contributed by atoms with Crippen LogP contribution >= 0.6 is 11.6 Å². The molecule has 0 aliphatic rings. The summed E-state index contributed by atoms with van der Waals surface area (Å²) in [5.41, 5.74) is 10.7. The fraction of sp³-hybridized carbons (Fsp3) is 0.0714. The molecule has 0 aliphatic carbocycles. The van der Waals surface area contributed by atoms with Crippen molar-refractivity contribution in [2.75, 3.05) is 5.32 Å². The summed E-state index contributed by atoms with van der Waals surface area (Å²) < 4.78 is 7.50. The Labute approximate surface area is 217 Å². The molecule has 0 unspecified atom stereocenters. The van der Waals surface area contributed by atoms with Crippen LogP contribution in [0.3, 0.4) is 0 Å². The molecule has 0 saturated carbocycles. The predicted octanol–water partition coefficient (Wildman–Crippen LogP) is 5.82. The lowest BCUT2D eigenvalue weighted by Gasteiger charge is -2.10. The average Bonchev–Trinajstić information content (AvgIpc) is 3.43. The molecule has 0 spiro atoms. The third-order valence-corrected chi connectivity index (χ3v) is 6.23. The van der Waals surface area contributed by atoms with Crippen LogP contribution in [-0.2, 0) is 0 Å². The average molecular weight is 512 g/mol. The first-order valence-corrected chi connectivity index (χ1v) is 11.8. The van der Waals surface area contributed by atoms with Gasteiger partial charge in [0.2, 0.25) is 11.8 Å². The van der Waals surface area contributed by atoms with Crippen LogP contribution in [0.15, 0.2) is 83.4 Å². The molecule has 0 aliphatic heterocycles. The number of benzene rings is 3. The number of hydrogen-bond donors (Lipinski definition) is 2. The van der Waals surface area contributed by atoms with Gasteiger partial charge in [-0.25, -0.2) is 4.68 Å². The van der Waals surface area contributed by atoms with Crippen LogP contribution in [0.4, 0.5) is 5.88 Å². The molecule has 2 aromatic heterocycles. The van der Waals surface area contributed by atoms with Gasteiger partial charge in [0.05, 0.1) is 22.6 Å². The van der Waals surface area contributed by atoms with E-state index < -0.39 is 11.8 Å². The maximum absolute atomic E-state index is 13.1. The van der Waals surface area contributed by atoms with Gasteiger partial charge < -0.3 is 10.3 Å². The van der Waals surface area contributed by atoms with Crippen molar-refractivity contribution >= 4 is 29.3 Å². The number of aromatic nitrogens is 3. The first-order chi connectivity index (χ1) is 17.8. The molecule has 184 valence electrons. The number of halogens is 1. The Morgan fingerprint density at radius 3 is 2.41 bits per heavy atom. The Bertz CT molecular complexity index is 1640. The summed E-state index contributed by atoms with van der Waals surface area (Å²) >= 11 is 6.07. The van der Waals surface area contributed by atoms with Gasteiger partial charge in [-0.3, -0.25) is 14.9 Å². The zero-order chi connectivity index (χ0) is 26.1. The highest BCUT2D eigenvalue weighted by Gasteiger charge is 2.28. The molecule has 0 saturated heterocycles. The SMILES string of the molecule is Cc1nn(-c2ccccc2)c(C)c1-c1noc(NC(=O)c2cccc(Cl)c2)c1-c1ccccc1C(N)=O. The topological polar surface area (TPSA) is 116 Å². The minimum Gasteiger partial charge on any atom is -0.366 e. The van der Waals surface area contributed by atoms with E-state index in [-0.39, 0.29) is 11.4 Å². The van der Waals surface area contributed by atoms with E-state index in [9.17, 15) is 9.59 Å². The first-order valence-electron chi connectivity index (χ1n) is 11.4. The lowest BCUT2D eigenvalue weighted by atomic mass is 9.95. The van der Waals surface area contributed by atoms with Gasteiger partial charge in [-0.1, -0.05) is 59.2 Å². The van der Waals surface area contributed by atoms with Gasteiger partial charge in [0.1, 0.15) is 5.69 Å². The Kier molecular flexibility index (Phi) is 6.33. The van der Waals surface area contributed by atoms with E-state index in [0.717, 1.165) is 11.4 Å². The van der Waals surface area contributed by atoms with Crippen LogP contribution < -0.4 is 11.1 Å². The van der Waals surface area contributed by atoms with Gasteiger partial charge in [0.25, 0.3) is 5.91 Å². The Hall–Kier alpha value is -4.69. The monoisotopic (exact) mass is 511 g/mol. The van der Waals surface area contributed by atoms with E-state index in [0.29, 0.717) is 38.7 Å². The van der Waals surface area contributed by atoms with Gasteiger partial charge >= 0.3 is 0 Å². The third-order valence-electron chi connectivity index (χ3n) is 6.00. The summed E-state index contributed by atoms with van der Waals surface area (Å²) in [6.45, 7) is 3.79. The Balaban J connectivity index is 1.70. The number of aryl methyl sites for hydroxylation is 1. The molecule has 2 amide bonds. The first kappa shape index (κ1) is 24.0. The number of amides is 2. The molecular formula is C28H22ClN5O3. The van der Waals surface area contributed by atoms with Gasteiger partial charge in [0, 0.05) is 27.3 Å². The van der Waals surface area contributed by atoms with Crippen LogP contribution in [0.5, 0.6) is 0 Å². The second kappa shape index (κ2) is 9.75. The molecule has 8 nitrogen and oxygen atoms in total. The van der Waals surface area contributed by atoms with Crippen molar-refractivity contribution < 1.29 is 14.1 Å². The van der Waals surface area contributed by atoms with Crippen molar-refractivity contribution in [1.29, 1.82) is 0 Å². The number of rotatable bonds is 6. The zero-order valence-electron chi connectivity index (χ0n) is 20.0. The summed E-state index contributed by atoms with van der Waals surface area (Å²) in [7, 11) is 0. The fourth-order valence-corrected chi connectivity index (χ4v) is 4.51. The number of anilines is 1. The number of hydrogen-bond acceptors (Lipinski definition) is 5. The van der Waals surface area contributed by atoms with Crippen molar-refractivity contribution in [3.05, 3.63) is 106 Å². The van der Waals surface area contributed by atoms with E-state index in [4.69, 9.17) is 27.0 Å². The summed E-state index contributed by atoms with van der Waals surface area (Å²) in [6, 6.07) is 23.1. The number of nitrogens with zero attached hydrogens (tertiary/aromatic N) is 3. The van der Waals surface area contributed by atoms with Crippen LogP contribution in [0.2, 0.25) is 5.02 Å². The molecule has 3 N–H and O–H groups in total. The highest BCUT2D eigenvalue weighted by atomic mass is 35.5. The number of nitrogens with two attached hydrogens (primary N) is 1. The highest BCUT2D eigenvalue weighted by molar-refractivity contribution is 6.31. The van der Waals surface area contributed by atoms with Gasteiger partial charge in [-0.2, -0.15) is 5.10 Å². The van der Waals surface area contributed by atoms with E-state index in [1.165, 1.54) is 0 Å². The van der Waals surface area contributed by atoms with Crippen molar-refractivity contribution in [2.24, 2.45) is 5.73 Å². The smallest absolute Gasteiger partial charge is 0.258 e. The molecule has 2 heterocycles. The summed E-state index contributed by atoms with van der Waals surface area (Å²) in [4.78, 5) is 25.4. The maximum Gasteiger partial charge on any atom is 0.258 e. The lowest BCUT2D eigenvalue weighted by Crippen LogP contribution is -2.14. The molecule has 0 fully saturated rings. The lowest BCUT2D eigenvalue weighted by molar-refractivity contribution is 0.0998. The van der Waals surface area contributed by atoms with Gasteiger partial charge in [0.15, 0.2) is 0 Å². The summed E-state index contributed by atoms with van der Waals surface area (Å²) in [5, 5.41) is 12.3. The fourth-order valence-electron chi connectivity index (χ4n) is 4.32. The number of primary amides is 1. The Morgan fingerprint density at radius 2 is 1.68 bits per heavy atom. The molecule has 0 atom stereocenters. The van der Waals surface area contributed by atoms with Crippen LogP contribution in [-0.4, -0.2) is 26.8 Å². The second-order valence-electron chi connectivity index (χ2n) is 8.40. The zero-order valence-corrected chi connectivity index (χ0v) is 20.8. The van der Waals surface area contributed by atoms with Crippen molar-refractivity contribution in [3.63, 3.8) is 0 Å². The number of nitrogens with one attached hydrogen (secondary N) is 1. The van der Waals surface area contributed by atoms with Gasteiger partial charge in [-0.15, -0.1) is 0 Å². The molecule has 3 aromatic carbocycles. The summed E-state index contributed by atoms with van der Waals surface area (Å²) in [6.07, 6.45) is 0. The van der Waals surface area contributed by atoms with Crippen LogP contribution in [0, 0.1) is 13.8 Å². The molecule has 37 heavy (non-hydrogen) atoms. The van der Waals surface area contributed by atoms with E-state index in [2.05, 4.69) is 10.5 Å². The number of para-hydroxylation sites is 1. The summed E-state index contributed by atoms with van der Waals surface area (Å²) in [5.74, 6) is -1.00. The van der Waals surface area contributed by atoms with Crippen LogP contribution in [0.25, 0.3) is 28.1 Å². The molecule has 5 aromatic rings. The minimum atomic E-state index is -0.622. The van der Waals surface area contributed by atoms with Crippen LogP contribution in [0.1, 0.15) is 32.1 Å². The van der Waals surface area contributed by atoms with Crippen molar-refractivity contribution in [2.45, 2.75) is 13.8 Å². The van der Waals surface area contributed by atoms with Crippen molar-refractivity contribution in [3.8, 4) is 28.1 Å².